The summed E-state index contributed by atoms with van der Waals surface area (Å²) in [5, 5.41) is 8.89. The zero-order chi connectivity index (χ0) is 17.7. The predicted molar refractivity (Wildman–Crippen MR) is 91.4 cm³/mol. The summed E-state index contributed by atoms with van der Waals surface area (Å²) < 4.78 is 0. The minimum absolute atomic E-state index is 0.0770. The normalized spacial score (nSPS) is 18.7. The van der Waals surface area contributed by atoms with Gasteiger partial charge in [0.1, 0.15) is 0 Å². The van der Waals surface area contributed by atoms with Gasteiger partial charge in [0.15, 0.2) is 0 Å². The molecule has 0 spiro atoms. The number of amides is 1. The Morgan fingerprint density at radius 1 is 1.09 bits per heavy atom. The van der Waals surface area contributed by atoms with E-state index in [1.54, 1.807) is 0 Å². The second kappa shape index (κ2) is 8.64. The van der Waals surface area contributed by atoms with Crippen molar-refractivity contribution < 1.29 is 14.7 Å². The molecule has 1 N–H and O–H groups in total. The Kier molecular flexibility index (Phi) is 7.48. The van der Waals surface area contributed by atoms with Crippen LogP contribution < -0.4 is 0 Å². The molecule has 0 aromatic carbocycles. The van der Waals surface area contributed by atoms with E-state index < -0.39 is 5.97 Å². The number of hydrogen-bond acceptors (Lipinski definition) is 4. The highest BCUT2D eigenvalue weighted by atomic mass is 16.4. The Morgan fingerprint density at radius 2 is 1.57 bits per heavy atom. The topological polar surface area (TPSA) is 64.1 Å². The Labute approximate surface area is 140 Å². The number of carboxylic acid groups (broad SMARTS) is 1. The molecule has 0 aromatic heterocycles. The van der Waals surface area contributed by atoms with Crippen LogP contribution in [0.25, 0.3) is 0 Å². The van der Waals surface area contributed by atoms with Crippen molar-refractivity contribution >= 4 is 11.9 Å². The van der Waals surface area contributed by atoms with Gasteiger partial charge in [0.2, 0.25) is 5.91 Å². The molecule has 0 bridgehead atoms. The zero-order valence-electron chi connectivity index (χ0n) is 15.5. The summed E-state index contributed by atoms with van der Waals surface area (Å²) in [4.78, 5) is 29.7. The number of piperidine rings is 1. The number of hydrogen-bond donors (Lipinski definition) is 1. The summed E-state index contributed by atoms with van der Waals surface area (Å²) in [6, 6.07) is 0.565. The lowest BCUT2D eigenvalue weighted by atomic mass is 10.0. The summed E-state index contributed by atoms with van der Waals surface area (Å²) in [7, 11) is 1.86. The van der Waals surface area contributed by atoms with Crippen LogP contribution in [0.5, 0.6) is 0 Å². The fourth-order valence-corrected chi connectivity index (χ4v) is 3.53. The molecule has 1 heterocycles. The van der Waals surface area contributed by atoms with Crippen LogP contribution in [0.15, 0.2) is 0 Å². The fraction of sp³-hybridized carbons (Fsp3) is 0.882. The van der Waals surface area contributed by atoms with Crippen molar-refractivity contribution in [3.05, 3.63) is 0 Å². The van der Waals surface area contributed by atoms with Gasteiger partial charge in [0.05, 0.1) is 12.6 Å². The van der Waals surface area contributed by atoms with Crippen molar-refractivity contribution in [3.8, 4) is 0 Å². The first-order valence-corrected chi connectivity index (χ1v) is 8.63. The third-order valence-electron chi connectivity index (χ3n) is 4.78. The van der Waals surface area contributed by atoms with E-state index in [0.29, 0.717) is 0 Å². The number of likely N-dealkylation sites (N-methyl/N-ethyl adjacent to an activating group) is 1. The highest BCUT2D eigenvalue weighted by Crippen LogP contribution is 2.19. The monoisotopic (exact) mass is 327 g/mol. The van der Waals surface area contributed by atoms with Gasteiger partial charge in [-0.05, 0) is 54.5 Å². The molecular weight excluding hydrogens is 294 g/mol. The summed E-state index contributed by atoms with van der Waals surface area (Å²) in [5.41, 5.74) is 0. The maximum atomic E-state index is 12.8. The van der Waals surface area contributed by atoms with E-state index in [1.165, 1.54) is 0 Å². The average molecular weight is 327 g/mol. The van der Waals surface area contributed by atoms with E-state index in [4.69, 9.17) is 5.11 Å². The quantitative estimate of drug-likeness (QED) is 0.768. The summed E-state index contributed by atoms with van der Waals surface area (Å²) in [5.74, 6) is -0.602. The van der Waals surface area contributed by atoms with Crippen LogP contribution in [-0.2, 0) is 9.59 Å². The van der Waals surface area contributed by atoms with E-state index in [-0.39, 0.29) is 36.6 Å². The number of likely N-dealkylation sites (tertiary alicyclic amines) is 1. The van der Waals surface area contributed by atoms with E-state index >= 15 is 0 Å². The Bertz CT molecular complexity index is 396. The van der Waals surface area contributed by atoms with Gasteiger partial charge in [-0.1, -0.05) is 0 Å². The minimum Gasteiger partial charge on any atom is -0.480 e. The lowest BCUT2D eigenvalue weighted by Gasteiger charge is -2.41. The molecule has 1 amide bonds. The minimum atomic E-state index is -0.789. The first kappa shape index (κ1) is 19.9. The van der Waals surface area contributed by atoms with Crippen LogP contribution in [0, 0.1) is 0 Å². The van der Waals surface area contributed by atoms with Crippen molar-refractivity contribution in [1.29, 1.82) is 0 Å². The Hall–Kier alpha value is -1.14. The first-order valence-electron chi connectivity index (χ1n) is 8.63. The predicted octanol–water partition coefficient (Wildman–Crippen LogP) is 1.50. The molecule has 0 radical (unpaired) electrons. The molecular formula is C17H33N3O3. The van der Waals surface area contributed by atoms with E-state index in [2.05, 4.69) is 32.6 Å². The van der Waals surface area contributed by atoms with Crippen molar-refractivity contribution in [2.75, 3.05) is 26.7 Å². The largest absolute Gasteiger partial charge is 0.480 e. The standard InChI is InChI=1S/C17H33N3O3/c1-12(2)20(13(3)4)17(23)14(5)19-9-7-15(8-10-19)18(6)11-16(21)22/h12-15H,7-11H2,1-6H3,(H,21,22). The fourth-order valence-electron chi connectivity index (χ4n) is 3.53. The first-order chi connectivity index (χ1) is 10.6. The molecule has 134 valence electrons. The summed E-state index contributed by atoms with van der Waals surface area (Å²) in [6.07, 6.45) is 1.81. The summed E-state index contributed by atoms with van der Waals surface area (Å²) in [6.45, 7) is 12.0. The van der Waals surface area contributed by atoms with Gasteiger partial charge in [-0.2, -0.15) is 0 Å². The van der Waals surface area contributed by atoms with Gasteiger partial charge in [-0.15, -0.1) is 0 Å². The van der Waals surface area contributed by atoms with Crippen LogP contribution in [0.2, 0.25) is 0 Å². The molecule has 6 heteroatoms. The molecule has 0 aromatic rings. The Balaban J connectivity index is 2.59. The number of carbonyl (C=O) groups is 2. The van der Waals surface area contributed by atoms with Gasteiger partial charge in [0.25, 0.3) is 0 Å². The second-order valence-electron chi connectivity index (χ2n) is 7.18. The molecule has 23 heavy (non-hydrogen) atoms. The molecule has 1 unspecified atom stereocenters. The number of rotatable bonds is 7. The van der Waals surface area contributed by atoms with Crippen LogP contribution >= 0.6 is 0 Å². The number of nitrogens with zero attached hydrogens (tertiary/aromatic N) is 3. The molecule has 0 saturated carbocycles. The Morgan fingerprint density at radius 3 is 1.96 bits per heavy atom. The number of carbonyl (C=O) groups excluding carboxylic acids is 1. The molecule has 1 saturated heterocycles. The van der Waals surface area contributed by atoms with Gasteiger partial charge in [-0.25, -0.2) is 0 Å². The molecule has 1 atom stereocenters. The average Bonchev–Trinajstić information content (AvgIpc) is 2.45. The van der Waals surface area contributed by atoms with Gasteiger partial charge in [-0.3, -0.25) is 19.4 Å². The van der Waals surface area contributed by atoms with Gasteiger partial charge in [0, 0.05) is 31.2 Å². The maximum absolute atomic E-state index is 12.8. The van der Waals surface area contributed by atoms with Crippen LogP contribution in [0.1, 0.15) is 47.5 Å². The summed E-state index contributed by atoms with van der Waals surface area (Å²) >= 11 is 0. The third-order valence-corrected chi connectivity index (χ3v) is 4.78. The molecule has 1 rings (SSSR count). The van der Waals surface area contributed by atoms with E-state index in [9.17, 15) is 9.59 Å². The van der Waals surface area contributed by atoms with Crippen LogP contribution in [0.4, 0.5) is 0 Å². The smallest absolute Gasteiger partial charge is 0.317 e. The van der Waals surface area contributed by atoms with E-state index in [1.807, 2.05) is 23.8 Å². The highest BCUT2D eigenvalue weighted by molar-refractivity contribution is 5.82. The van der Waals surface area contributed by atoms with Gasteiger partial charge >= 0.3 is 5.97 Å². The molecule has 0 aliphatic carbocycles. The SMILES string of the molecule is CC(C(=O)N(C(C)C)C(C)C)N1CCC(N(C)CC(=O)O)CC1. The molecule has 1 aliphatic rings. The van der Waals surface area contributed by atoms with Crippen molar-refractivity contribution in [2.45, 2.75) is 71.6 Å². The van der Waals surface area contributed by atoms with Crippen molar-refractivity contribution in [3.63, 3.8) is 0 Å². The second-order valence-corrected chi connectivity index (χ2v) is 7.18. The van der Waals surface area contributed by atoms with Crippen LogP contribution in [-0.4, -0.2) is 82.5 Å². The number of aliphatic carboxylic acids is 1. The molecule has 6 nitrogen and oxygen atoms in total. The van der Waals surface area contributed by atoms with Crippen molar-refractivity contribution in [1.82, 2.24) is 14.7 Å². The lowest BCUT2D eigenvalue weighted by molar-refractivity contribution is -0.140. The van der Waals surface area contributed by atoms with Crippen LogP contribution in [0.3, 0.4) is 0 Å². The highest BCUT2D eigenvalue weighted by Gasteiger charge is 2.32. The van der Waals surface area contributed by atoms with Crippen molar-refractivity contribution in [2.24, 2.45) is 0 Å². The van der Waals surface area contributed by atoms with Gasteiger partial charge < -0.3 is 10.0 Å². The molecule has 1 aliphatic heterocycles. The van der Waals surface area contributed by atoms with E-state index in [0.717, 1.165) is 25.9 Å². The third kappa shape index (κ3) is 5.46. The zero-order valence-corrected chi connectivity index (χ0v) is 15.5. The lowest BCUT2D eigenvalue weighted by Crippen LogP contribution is -2.55. The number of carboxylic acids is 1. The molecule has 1 fully saturated rings. The maximum Gasteiger partial charge on any atom is 0.317 e.